The molecule has 0 radical (unpaired) electrons. The summed E-state index contributed by atoms with van der Waals surface area (Å²) in [5, 5.41) is 8.89. The number of likely N-dealkylation sites (tertiary alicyclic amines) is 1. The van der Waals surface area contributed by atoms with Gasteiger partial charge < -0.3 is 14.5 Å². The predicted molar refractivity (Wildman–Crippen MR) is 136 cm³/mol. The van der Waals surface area contributed by atoms with Gasteiger partial charge in [-0.15, -0.1) is 0 Å². The van der Waals surface area contributed by atoms with Crippen molar-refractivity contribution in [1.82, 2.24) is 14.7 Å². The minimum atomic E-state index is 0.0304. The number of carbonyl (C=O) groups excluding carboxylic acids is 2. The quantitative estimate of drug-likeness (QED) is 0.540. The van der Waals surface area contributed by atoms with E-state index >= 15 is 0 Å². The molecule has 0 unspecified atom stereocenters. The molecule has 0 bridgehead atoms. The molecule has 0 N–H and O–H groups in total. The lowest BCUT2D eigenvalue weighted by molar-refractivity contribution is 0.00853. The van der Waals surface area contributed by atoms with E-state index in [2.05, 4.69) is 11.0 Å². The van der Waals surface area contributed by atoms with Crippen molar-refractivity contribution in [2.75, 3.05) is 39.3 Å². The van der Waals surface area contributed by atoms with Crippen LogP contribution in [0.2, 0.25) is 0 Å². The van der Waals surface area contributed by atoms with Crippen molar-refractivity contribution < 1.29 is 14.3 Å². The minimum Gasteiger partial charge on any atom is -0.489 e. The van der Waals surface area contributed by atoms with Crippen LogP contribution in [-0.2, 0) is 6.61 Å². The van der Waals surface area contributed by atoms with E-state index in [1.165, 1.54) is 0 Å². The van der Waals surface area contributed by atoms with Gasteiger partial charge in [0.05, 0.1) is 11.6 Å². The van der Waals surface area contributed by atoms with E-state index in [9.17, 15) is 9.59 Å². The Hall–Kier alpha value is -4.15. The Balaban J connectivity index is 1.06. The molecule has 36 heavy (non-hydrogen) atoms. The van der Waals surface area contributed by atoms with Crippen LogP contribution in [0.1, 0.15) is 31.8 Å². The van der Waals surface area contributed by atoms with Gasteiger partial charge in [-0.05, 0) is 54.1 Å². The van der Waals surface area contributed by atoms with Crippen LogP contribution in [0.15, 0.2) is 78.9 Å². The number of ether oxygens (including phenoxy) is 1. The molecule has 0 saturated carbocycles. The average molecular weight is 481 g/mol. The van der Waals surface area contributed by atoms with E-state index in [1.54, 1.807) is 24.3 Å². The zero-order valence-electron chi connectivity index (χ0n) is 20.0. The van der Waals surface area contributed by atoms with Crippen molar-refractivity contribution in [2.45, 2.75) is 12.6 Å². The molecule has 0 aromatic heterocycles. The summed E-state index contributed by atoms with van der Waals surface area (Å²) in [7, 11) is 0. The second-order valence-corrected chi connectivity index (χ2v) is 9.18. The van der Waals surface area contributed by atoms with E-state index in [0.717, 1.165) is 24.2 Å². The maximum Gasteiger partial charge on any atom is 0.253 e. The molecule has 2 fully saturated rings. The standard InChI is InChI=1S/C29H28N4O3/c30-18-22-6-8-23(9-7-22)21-36-27-12-10-25(11-13-27)29(35)33-19-26(20-33)31-14-16-32(17-15-31)28(34)24-4-2-1-3-5-24/h1-13,26H,14-17,19-21H2. The van der Waals surface area contributed by atoms with E-state index < -0.39 is 0 Å². The van der Waals surface area contributed by atoms with Crippen LogP contribution in [-0.4, -0.2) is 71.8 Å². The topological polar surface area (TPSA) is 76.9 Å². The smallest absolute Gasteiger partial charge is 0.253 e. The summed E-state index contributed by atoms with van der Waals surface area (Å²) in [6, 6.07) is 26.4. The van der Waals surface area contributed by atoms with Gasteiger partial charge in [0.1, 0.15) is 12.4 Å². The van der Waals surface area contributed by atoms with Crippen molar-refractivity contribution in [3.05, 3.63) is 101 Å². The lowest BCUT2D eigenvalue weighted by atomic mass is 10.0. The highest BCUT2D eigenvalue weighted by Crippen LogP contribution is 2.22. The molecule has 0 atom stereocenters. The van der Waals surface area contributed by atoms with Crippen molar-refractivity contribution in [3.8, 4) is 11.8 Å². The summed E-state index contributed by atoms with van der Waals surface area (Å²) < 4.78 is 5.81. The van der Waals surface area contributed by atoms with E-state index in [4.69, 9.17) is 10.00 Å². The molecule has 3 aromatic rings. The minimum absolute atomic E-state index is 0.0304. The largest absolute Gasteiger partial charge is 0.489 e. The van der Waals surface area contributed by atoms with Crippen LogP contribution in [0.4, 0.5) is 0 Å². The lowest BCUT2D eigenvalue weighted by Crippen LogP contribution is -2.64. The third kappa shape index (κ3) is 5.24. The predicted octanol–water partition coefficient (Wildman–Crippen LogP) is 3.42. The third-order valence-corrected chi connectivity index (χ3v) is 6.88. The van der Waals surface area contributed by atoms with Gasteiger partial charge in [-0.25, -0.2) is 0 Å². The fraction of sp³-hybridized carbons (Fsp3) is 0.276. The van der Waals surface area contributed by atoms with Crippen molar-refractivity contribution >= 4 is 11.8 Å². The highest BCUT2D eigenvalue weighted by Gasteiger charge is 2.37. The van der Waals surface area contributed by atoms with E-state index in [1.807, 2.05) is 64.4 Å². The molecule has 182 valence electrons. The van der Waals surface area contributed by atoms with E-state index in [-0.39, 0.29) is 11.8 Å². The number of hydrogen-bond donors (Lipinski definition) is 0. The number of nitriles is 1. The zero-order valence-corrected chi connectivity index (χ0v) is 20.0. The summed E-state index contributed by atoms with van der Waals surface area (Å²) in [5.74, 6) is 0.813. The molecule has 2 aliphatic heterocycles. The first-order valence-corrected chi connectivity index (χ1v) is 12.2. The fourth-order valence-corrected chi connectivity index (χ4v) is 4.62. The second-order valence-electron chi connectivity index (χ2n) is 9.18. The van der Waals surface area contributed by atoms with Gasteiger partial charge in [-0.2, -0.15) is 5.26 Å². The molecule has 0 spiro atoms. The van der Waals surface area contributed by atoms with Crippen LogP contribution < -0.4 is 4.74 Å². The first-order chi connectivity index (χ1) is 17.6. The number of nitrogens with zero attached hydrogens (tertiary/aromatic N) is 4. The highest BCUT2D eigenvalue weighted by atomic mass is 16.5. The number of hydrogen-bond acceptors (Lipinski definition) is 5. The number of carbonyl (C=O) groups is 2. The summed E-state index contributed by atoms with van der Waals surface area (Å²) >= 11 is 0. The number of benzene rings is 3. The van der Waals surface area contributed by atoms with Gasteiger partial charge in [0.2, 0.25) is 0 Å². The number of amides is 2. The van der Waals surface area contributed by atoms with Crippen LogP contribution in [0, 0.1) is 11.3 Å². The zero-order chi connectivity index (χ0) is 24.9. The van der Waals surface area contributed by atoms with Crippen molar-refractivity contribution in [3.63, 3.8) is 0 Å². The molecular weight excluding hydrogens is 452 g/mol. The molecule has 2 saturated heterocycles. The van der Waals surface area contributed by atoms with Gasteiger partial charge in [0.25, 0.3) is 11.8 Å². The first-order valence-electron chi connectivity index (χ1n) is 12.2. The van der Waals surface area contributed by atoms with Gasteiger partial charge in [-0.1, -0.05) is 30.3 Å². The highest BCUT2D eigenvalue weighted by molar-refractivity contribution is 5.95. The first kappa shape index (κ1) is 23.6. The number of piperazine rings is 1. The average Bonchev–Trinajstić information content (AvgIpc) is 2.92. The van der Waals surface area contributed by atoms with Gasteiger partial charge in [-0.3, -0.25) is 14.5 Å². The fourth-order valence-electron chi connectivity index (χ4n) is 4.62. The van der Waals surface area contributed by atoms with Crippen molar-refractivity contribution in [2.24, 2.45) is 0 Å². The molecular formula is C29H28N4O3. The summed E-state index contributed by atoms with van der Waals surface area (Å²) in [6.45, 7) is 4.90. The lowest BCUT2D eigenvalue weighted by Gasteiger charge is -2.48. The van der Waals surface area contributed by atoms with Crippen molar-refractivity contribution in [1.29, 1.82) is 5.26 Å². The van der Waals surface area contributed by atoms with Gasteiger partial charge >= 0.3 is 0 Å². The van der Waals surface area contributed by atoms with E-state index in [0.29, 0.717) is 55.7 Å². The maximum atomic E-state index is 12.9. The Morgan fingerprint density at radius 3 is 2.03 bits per heavy atom. The third-order valence-electron chi connectivity index (χ3n) is 6.88. The molecule has 0 aliphatic carbocycles. The molecule has 2 amide bonds. The van der Waals surface area contributed by atoms with Crippen LogP contribution >= 0.6 is 0 Å². The maximum absolute atomic E-state index is 12.9. The van der Waals surface area contributed by atoms with Gasteiger partial charge in [0, 0.05) is 56.4 Å². The van der Waals surface area contributed by atoms with Crippen LogP contribution in [0.25, 0.3) is 0 Å². The Kier molecular flexibility index (Phi) is 6.96. The van der Waals surface area contributed by atoms with Crippen LogP contribution in [0.3, 0.4) is 0 Å². The SMILES string of the molecule is N#Cc1ccc(COc2ccc(C(=O)N3CC(N4CCN(C(=O)c5ccccc5)CC4)C3)cc2)cc1. The molecule has 2 heterocycles. The number of rotatable bonds is 6. The van der Waals surface area contributed by atoms with Gasteiger partial charge in [0.15, 0.2) is 0 Å². The summed E-state index contributed by atoms with van der Waals surface area (Å²) in [5.41, 5.74) is 2.98. The molecule has 7 nitrogen and oxygen atoms in total. The molecule has 3 aromatic carbocycles. The molecule has 2 aliphatic rings. The Labute approximate surface area is 211 Å². The summed E-state index contributed by atoms with van der Waals surface area (Å²) in [6.07, 6.45) is 0. The second kappa shape index (κ2) is 10.6. The molecule has 5 rings (SSSR count). The summed E-state index contributed by atoms with van der Waals surface area (Å²) in [4.78, 5) is 31.7. The van der Waals surface area contributed by atoms with Crippen LogP contribution in [0.5, 0.6) is 5.75 Å². The Bertz CT molecular complexity index is 1240. The molecule has 7 heteroatoms. The monoisotopic (exact) mass is 480 g/mol. The Morgan fingerprint density at radius 1 is 0.778 bits per heavy atom. The Morgan fingerprint density at radius 2 is 1.39 bits per heavy atom. The normalized spacial score (nSPS) is 16.2.